The summed E-state index contributed by atoms with van der Waals surface area (Å²) in [5.74, 6) is 0.854. The summed E-state index contributed by atoms with van der Waals surface area (Å²) in [7, 11) is 0. The van der Waals surface area contributed by atoms with Gasteiger partial charge in [-0.15, -0.1) is 10.2 Å². The summed E-state index contributed by atoms with van der Waals surface area (Å²) in [4.78, 5) is 14.6. The Balaban J connectivity index is 1.51. The molecule has 0 spiro atoms. The van der Waals surface area contributed by atoms with Crippen molar-refractivity contribution in [1.82, 2.24) is 10.2 Å². The Morgan fingerprint density at radius 2 is 1.56 bits per heavy atom. The van der Waals surface area contributed by atoms with Crippen LogP contribution in [-0.4, -0.2) is 21.9 Å². The van der Waals surface area contributed by atoms with E-state index in [1.54, 1.807) is 17.0 Å². The van der Waals surface area contributed by atoms with Gasteiger partial charge in [0.1, 0.15) is 0 Å². The third-order valence-electron chi connectivity index (χ3n) is 3.74. The van der Waals surface area contributed by atoms with E-state index in [2.05, 4.69) is 10.2 Å². The predicted molar refractivity (Wildman–Crippen MR) is 103 cm³/mol. The molecule has 0 atom stereocenters. The molecule has 0 aliphatic heterocycles. The molecule has 4 rings (SSSR count). The number of benzene rings is 2. The molecule has 0 aliphatic carbocycles. The quantitative estimate of drug-likeness (QED) is 0.450. The molecule has 27 heavy (non-hydrogen) atoms. The molecule has 6 nitrogen and oxygen atoms in total. The normalized spacial score (nSPS) is 10.7. The Bertz CT molecular complexity index is 962. The zero-order valence-electron chi connectivity index (χ0n) is 14.2. The smallest absolute Gasteiger partial charge is 0.284 e. The molecule has 0 saturated carbocycles. The summed E-state index contributed by atoms with van der Waals surface area (Å²) >= 11 is 1.19. The van der Waals surface area contributed by atoms with Crippen molar-refractivity contribution in [3.63, 3.8) is 0 Å². The molecule has 1 amide bonds. The maximum absolute atomic E-state index is 12.9. The van der Waals surface area contributed by atoms with Crippen molar-refractivity contribution in [2.45, 2.75) is 5.22 Å². The number of carbonyl (C=O) groups is 1. The molecule has 2 heterocycles. The number of aromatic nitrogens is 2. The third-order valence-corrected chi connectivity index (χ3v) is 4.54. The lowest BCUT2D eigenvalue weighted by Gasteiger charge is -2.22. The number of anilines is 2. The molecule has 7 heteroatoms. The Morgan fingerprint density at radius 3 is 2.15 bits per heavy atom. The van der Waals surface area contributed by atoms with Gasteiger partial charge < -0.3 is 8.83 Å². The summed E-state index contributed by atoms with van der Waals surface area (Å²) in [6.07, 6.45) is 1.54. The van der Waals surface area contributed by atoms with Crippen molar-refractivity contribution in [2.75, 3.05) is 10.7 Å². The van der Waals surface area contributed by atoms with Crippen LogP contribution in [0, 0.1) is 0 Å². The first kappa shape index (κ1) is 17.1. The highest BCUT2D eigenvalue weighted by Gasteiger charge is 2.19. The van der Waals surface area contributed by atoms with Crippen LogP contribution < -0.4 is 4.90 Å². The number of amides is 1. The minimum Gasteiger partial charge on any atom is -0.459 e. The molecule has 2 aromatic heterocycles. The molecule has 2 aromatic carbocycles. The van der Waals surface area contributed by atoms with E-state index in [0.29, 0.717) is 11.0 Å². The monoisotopic (exact) mass is 377 g/mol. The lowest BCUT2D eigenvalue weighted by atomic mass is 10.2. The zero-order valence-corrected chi connectivity index (χ0v) is 15.0. The Morgan fingerprint density at radius 1 is 0.889 bits per heavy atom. The van der Waals surface area contributed by atoms with E-state index in [-0.39, 0.29) is 17.6 Å². The van der Waals surface area contributed by atoms with E-state index in [1.165, 1.54) is 18.0 Å². The summed E-state index contributed by atoms with van der Waals surface area (Å²) in [5, 5.41) is 8.22. The van der Waals surface area contributed by atoms with Crippen molar-refractivity contribution >= 4 is 29.0 Å². The fourth-order valence-electron chi connectivity index (χ4n) is 2.55. The lowest BCUT2D eigenvalue weighted by molar-refractivity contribution is -0.115. The predicted octanol–water partition coefficient (Wildman–Crippen LogP) is 4.79. The Hall–Kier alpha value is -3.32. The van der Waals surface area contributed by atoms with Crippen molar-refractivity contribution in [3.05, 3.63) is 79.1 Å². The van der Waals surface area contributed by atoms with Crippen LogP contribution in [-0.2, 0) is 4.79 Å². The fraction of sp³-hybridized carbons (Fsp3) is 0.0500. The van der Waals surface area contributed by atoms with E-state index in [9.17, 15) is 4.79 Å². The number of para-hydroxylation sites is 2. The van der Waals surface area contributed by atoms with Gasteiger partial charge in [0, 0.05) is 11.4 Å². The number of hydrogen-bond donors (Lipinski definition) is 0. The maximum Gasteiger partial charge on any atom is 0.284 e. The molecule has 0 radical (unpaired) electrons. The van der Waals surface area contributed by atoms with E-state index in [1.807, 2.05) is 60.7 Å². The second kappa shape index (κ2) is 7.92. The number of rotatable bonds is 6. The van der Waals surface area contributed by atoms with Crippen LogP contribution >= 0.6 is 11.8 Å². The van der Waals surface area contributed by atoms with Gasteiger partial charge in [-0.25, -0.2) is 0 Å². The van der Waals surface area contributed by atoms with Gasteiger partial charge in [-0.2, -0.15) is 0 Å². The highest BCUT2D eigenvalue weighted by Crippen LogP contribution is 2.28. The molecular formula is C20H15N3O3S. The standard InChI is InChI=1S/C20H15N3O3S/c24-18(14-27-20-22-21-19(26-20)17-12-7-13-25-17)23(15-8-3-1-4-9-15)16-10-5-2-6-11-16/h1-13H,14H2. The molecule has 0 N–H and O–H groups in total. The van der Waals surface area contributed by atoms with Crippen LogP contribution in [0.25, 0.3) is 11.7 Å². The summed E-state index contributed by atoms with van der Waals surface area (Å²) in [6, 6.07) is 22.5. The summed E-state index contributed by atoms with van der Waals surface area (Å²) in [5.41, 5.74) is 1.60. The number of hydrogen-bond acceptors (Lipinski definition) is 6. The van der Waals surface area contributed by atoms with Crippen LogP contribution in [0.5, 0.6) is 0 Å². The number of nitrogens with zero attached hydrogens (tertiary/aromatic N) is 3. The lowest BCUT2D eigenvalue weighted by Crippen LogP contribution is -2.27. The van der Waals surface area contributed by atoms with Crippen molar-refractivity contribution in [1.29, 1.82) is 0 Å². The minimum absolute atomic E-state index is 0.0878. The topological polar surface area (TPSA) is 72.4 Å². The summed E-state index contributed by atoms with van der Waals surface area (Å²) in [6.45, 7) is 0. The van der Waals surface area contributed by atoms with Gasteiger partial charge in [0.2, 0.25) is 5.91 Å². The van der Waals surface area contributed by atoms with Crippen LogP contribution in [0.15, 0.2) is 93.1 Å². The molecule has 0 bridgehead atoms. The van der Waals surface area contributed by atoms with Gasteiger partial charge in [0.15, 0.2) is 5.76 Å². The first-order valence-corrected chi connectivity index (χ1v) is 9.23. The van der Waals surface area contributed by atoms with E-state index < -0.39 is 0 Å². The second-order valence-electron chi connectivity index (χ2n) is 5.54. The highest BCUT2D eigenvalue weighted by atomic mass is 32.2. The van der Waals surface area contributed by atoms with Gasteiger partial charge in [0.05, 0.1) is 12.0 Å². The molecular weight excluding hydrogens is 362 g/mol. The number of carbonyl (C=O) groups excluding carboxylic acids is 1. The Labute approximate surface area is 159 Å². The van der Waals surface area contributed by atoms with Gasteiger partial charge in [-0.3, -0.25) is 9.69 Å². The molecule has 134 valence electrons. The van der Waals surface area contributed by atoms with Crippen LogP contribution in [0.4, 0.5) is 11.4 Å². The summed E-state index contributed by atoms with van der Waals surface area (Å²) < 4.78 is 10.8. The fourth-order valence-corrected chi connectivity index (χ4v) is 3.16. The van der Waals surface area contributed by atoms with Crippen LogP contribution in [0.3, 0.4) is 0 Å². The second-order valence-corrected chi connectivity index (χ2v) is 6.47. The first-order chi connectivity index (χ1) is 13.3. The van der Waals surface area contributed by atoms with E-state index in [4.69, 9.17) is 8.83 Å². The third kappa shape index (κ3) is 3.93. The number of furan rings is 1. The van der Waals surface area contributed by atoms with Gasteiger partial charge in [-0.1, -0.05) is 48.2 Å². The molecule has 0 fully saturated rings. The van der Waals surface area contributed by atoms with Crippen LogP contribution in [0.2, 0.25) is 0 Å². The van der Waals surface area contributed by atoms with Crippen molar-refractivity contribution < 1.29 is 13.6 Å². The minimum atomic E-state index is -0.0878. The average molecular weight is 377 g/mol. The van der Waals surface area contributed by atoms with Gasteiger partial charge in [-0.05, 0) is 36.4 Å². The molecule has 0 saturated heterocycles. The van der Waals surface area contributed by atoms with Crippen molar-refractivity contribution in [2.24, 2.45) is 0 Å². The van der Waals surface area contributed by atoms with E-state index in [0.717, 1.165) is 11.4 Å². The molecule has 0 aliphatic rings. The largest absolute Gasteiger partial charge is 0.459 e. The molecule has 4 aromatic rings. The van der Waals surface area contributed by atoms with Gasteiger partial charge >= 0.3 is 0 Å². The van der Waals surface area contributed by atoms with E-state index >= 15 is 0 Å². The van der Waals surface area contributed by atoms with Crippen LogP contribution in [0.1, 0.15) is 0 Å². The average Bonchev–Trinajstić information content (AvgIpc) is 3.40. The zero-order chi connectivity index (χ0) is 18.5. The van der Waals surface area contributed by atoms with Crippen molar-refractivity contribution in [3.8, 4) is 11.7 Å². The molecule has 0 unspecified atom stereocenters. The number of thioether (sulfide) groups is 1. The first-order valence-electron chi connectivity index (χ1n) is 8.24. The SMILES string of the molecule is O=C(CSc1nnc(-c2ccco2)o1)N(c1ccccc1)c1ccccc1. The Kier molecular flexibility index (Phi) is 5.02. The highest BCUT2D eigenvalue weighted by molar-refractivity contribution is 7.99. The van der Waals surface area contributed by atoms with Gasteiger partial charge in [0.25, 0.3) is 11.1 Å². The maximum atomic E-state index is 12.9.